The average Bonchev–Trinajstić information content (AvgIpc) is 1.96. The minimum atomic E-state index is -4.62. The third kappa shape index (κ3) is 50.1. The number of halogens is 1. The van der Waals surface area contributed by atoms with Gasteiger partial charge in [-0.1, -0.05) is 0 Å². The lowest BCUT2D eigenvalue weighted by atomic mass is 11.9. The smallest absolute Gasteiger partial charge is 0.281 e. The van der Waals surface area contributed by atoms with Crippen molar-refractivity contribution in [2.45, 2.75) is 0 Å². The highest BCUT2D eigenvalue weighted by molar-refractivity contribution is 8.03. The maximum absolute atomic E-state index is 9.66. The molecular weight excluding hydrogens is 552 g/mol. The molecule has 0 atom stereocenters. The van der Waals surface area contributed by atoms with E-state index in [-0.39, 0.29) is 12.4 Å². The molecule has 0 amide bonds. The molecule has 0 fully saturated rings. The van der Waals surface area contributed by atoms with Crippen molar-refractivity contribution in [1.82, 2.24) is 0 Å². The van der Waals surface area contributed by atoms with Crippen molar-refractivity contribution in [3.05, 3.63) is 0 Å². The molecule has 0 saturated heterocycles. The minimum absolute atomic E-state index is 0. The number of hydrogen-bond acceptors (Lipinski definition) is 12. The van der Waals surface area contributed by atoms with Crippen LogP contribution in [0.1, 0.15) is 0 Å². The predicted octanol–water partition coefficient (Wildman–Crippen LogP) is -3.42. The van der Waals surface area contributed by atoms with Gasteiger partial charge in [0, 0.05) is 0 Å². The van der Waals surface area contributed by atoms with Crippen LogP contribution >= 0.6 is 12.4 Å². The zero-order valence-electron chi connectivity index (χ0n) is 12.6. The van der Waals surface area contributed by atoms with Gasteiger partial charge in [-0.15, -0.1) is 12.4 Å². The molecule has 28 heavy (non-hydrogen) atoms. The summed E-state index contributed by atoms with van der Waals surface area (Å²) in [6.45, 7) is 0. The summed E-state index contributed by atoms with van der Waals surface area (Å²) in [4.78, 5) is 0. The molecule has 18 nitrogen and oxygen atoms in total. The SMILES string of the molecule is Cl.O=S(=O)(O)CS(=O)(=O)O.O=S(=O)(O)CS(=O)(=O)O.O=S(=O)(O)CS(=O)(=O)O. The molecule has 0 aliphatic rings. The third-order valence-electron chi connectivity index (χ3n) is 0.894. The standard InChI is InChI=1S/3CH4O6S2.ClH/c3*2-8(3,4)1-9(5,6)7;/h3*1H2,(H,2,3,4)(H,5,6,7);1H. The quantitative estimate of drug-likeness (QED) is 0.171. The third-order valence-corrected chi connectivity index (χ3v) is 8.04. The fraction of sp³-hybridized carbons (Fsp3) is 1.00. The van der Waals surface area contributed by atoms with Crippen LogP contribution in [-0.2, 0) is 60.7 Å². The maximum atomic E-state index is 9.66. The molecule has 0 aromatic heterocycles. The van der Waals surface area contributed by atoms with Crippen molar-refractivity contribution in [2.24, 2.45) is 0 Å². The predicted molar refractivity (Wildman–Crippen MR) is 91.1 cm³/mol. The average molecular weight is 565 g/mol. The summed E-state index contributed by atoms with van der Waals surface area (Å²) in [5, 5.41) is -4.96. The van der Waals surface area contributed by atoms with E-state index in [1.54, 1.807) is 0 Å². The zero-order valence-corrected chi connectivity index (χ0v) is 18.3. The molecule has 0 radical (unpaired) electrons. The molecule has 0 aliphatic heterocycles. The molecule has 0 rings (SSSR count). The van der Waals surface area contributed by atoms with Gasteiger partial charge in [0.1, 0.15) is 0 Å². The summed E-state index contributed by atoms with van der Waals surface area (Å²) in [5.74, 6) is 0. The van der Waals surface area contributed by atoms with Crippen LogP contribution in [-0.4, -0.2) is 93.1 Å². The number of rotatable bonds is 6. The molecule has 0 aromatic rings. The number of hydrogen-bond donors (Lipinski definition) is 6. The normalized spacial score (nSPS) is 13.1. The van der Waals surface area contributed by atoms with Crippen molar-refractivity contribution >= 4 is 73.1 Å². The lowest BCUT2D eigenvalue weighted by Crippen LogP contribution is -2.13. The van der Waals surface area contributed by atoms with Crippen molar-refractivity contribution in [3.63, 3.8) is 0 Å². The van der Waals surface area contributed by atoms with Crippen molar-refractivity contribution < 1.29 is 77.8 Å². The highest BCUT2D eigenvalue weighted by Crippen LogP contribution is 1.89. The molecule has 0 bridgehead atoms. The van der Waals surface area contributed by atoms with E-state index < -0.39 is 76.0 Å². The Morgan fingerprint density at radius 3 is 0.393 bits per heavy atom. The van der Waals surface area contributed by atoms with Crippen molar-refractivity contribution in [3.8, 4) is 0 Å². The van der Waals surface area contributed by atoms with E-state index in [9.17, 15) is 50.5 Å². The van der Waals surface area contributed by atoms with Gasteiger partial charge < -0.3 is 0 Å². The summed E-state index contributed by atoms with van der Waals surface area (Å²) in [7, 11) is -27.7. The van der Waals surface area contributed by atoms with Crippen LogP contribution in [0.4, 0.5) is 0 Å². The van der Waals surface area contributed by atoms with Crippen LogP contribution in [0.3, 0.4) is 0 Å². The fourth-order valence-electron chi connectivity index (χ4n) is 0.565. The zero-order chi connectivity index (χ0) is 23.1. The van der Waals surface area contributed by atoms with E-state index in [0.29, 0.717) is 0 Å². The van der Waals surface area contributed by atoms with Gasteiger partial charge in [0.2, 0.25) is 15.3 Å². The first-order valence-corrected chi connectivity index (χ1v) is 14.5. The largest absolute Gasteiger partial charge is 0.285 e. The van der Waals surface area contributed by atoms with E-state index in [1.807, 2.05) is 0 Å². The molecule has 176 valence electrons. The van der Waals surface area contributed by atoms with E-state index in [4.69, 9.17) is 27.3 Å². The summed E-state index contributed by atoms with van der Waals surface area (Å²) < 4.78 is 163. The Morgan fingerprint density at radius 2 is 0.393 bits per heavy atom. The van der Waals surface area contributed by atoms with Gasteiger partial charge in [-0.2, -0.15) is 50.5 Å². The van der Waals surface area contributed by atoms with Gasteiger partial charge in [-0.3, -0.25) is 27.3 Å². The first kappa shape index (κ1) is 35.2. The van der Waals surface area contributed by atoms with E-state index in [2.05, 4.69) is 0 Å². The van der Waals surface area contributed by atoms with Gasteiger partial charge in [0.15, 0.2) is 0 Å². The molecule has 0 heterocycles. The Bertz CT molecular complexity index is 862. The molecule has 0 saturated carbocycles. The van der Waals surface area contributed by atoms with Crippen LogP contribution in [0.5, 0.6) is 0 Å². The highest BCUT2D eigenvalue weighted by Gasteiger charge is 2.16. The Kier molecular flexibility index (Phi) is 14.9. The maximum Gasteiger partial charge on any atom is 0.281 e. The van der Waals surface area contributed by atoms with Gasteiger partial charge >= 0.3 is 0 Å². The fourth-order valence-corrected chi connectivity index (χ4v) is 5.08. The summed E-state index contributed by atoms with van der Waals surface area (Å²) in [6.07, 6.45) is 0. The Labute approximate surface area is 165 Å². The second-order valence-corrected chi connectivity index (χ2v) is 13.7. The van der Waals surface area contributed by atoms with Gasteiger partial charge in [0.25, 0.3) is 60.7 Å². The van der Waals surface area contributed by atoms with E-state index >= 15 is 0 Å². The topological polar surface area (TPSA) is 326 Å². The van der Waals surface area contributed by atoms with Crippen LogP contribution in [0.25, 0.3) is 0 Å². The monoisotopic (exact) mass is 564 g/mol. The van der Waals surface area contributed by atoms with Gasteiger partial charge in [-0.25, -0.2) is 0 Å². The molecule has 0 aromatic carbocycles. The second-order valence-electron chi connectivity index (χ2n) is 3.85. The minimum Gasteiger partial charge on any atom is -0.285 e. The molecular formula is C3H13ClO18S6. The van der Waals surface area contributed by atoms with Crippen LogP contribution < -0.4 is 0 Å². The summed E-state index contributed by atoms with van der Waals surface area (Å²) in [5.41, 5.74) is 0. The first-order valence-electron chi connectivity index (χ1n) is 4.83. The molecule has 25 heteroatoms. The van der Waals surface area contributed by atoms with Crippen molar-refractivity contribution in [2.75, 3.05) is 15.3 Å². The Hall–Kier alpha value is -0.250. The first-order chi connectivity index (χ1) is 11.1. The Morgan fingerprint density at radius 1 is 0.321 bits per heavy atom. The van der Waals surface area contributed by atoms with Gasteiger partial charge in [0.05, 0.1) is 0 Å². The van der Waals surface area contributed by atoms with Crippen LogP contribution in [0.2, 0.25) is 0 Å². The van der Waals surface area contributed by atoms with Crippen LogP contribution in [0, 0.1) is 0 Å². The molecule has 6 N–H and O–H groups in total. The van der Waals surface area contributed by atoms with E-state index in [1.165, 1.54) is 0 Å². The lowest BCUT2D eigenvalue weighted by Gasteiger charge is -1.89. The van der Waals surface area contributed by atoms with Gasteiger partial charge in [-0.05, 0) is 0 Å². The summed E-state index contributed by atoms with van der Waals surface area (Å²) in [6, 6.07) is 0. The van der Waals surface area contributed by atoms with E-state index in [0.717, 1.165) is 0 Å². The van der Waals surface area contributed by atoms with Crippen LogP contribution in [0.15, 0.2) is 0 Å². The second kappa shape index (κ2) is 11.8. The Balaban J connectivity index is -0.000000152. The lowest BCUT2D eigenvalue weighted by molar-refractivity contribution is 0.467. The molecule has 0 unspecified atom stereocenters. The summed E-state index contributed by atoms with van der Waals surface area (Å²) >= 11 is 0. The van der Waals surface area contributed by atoms with Crippen molar-refractivity contribution in [1.29, 1.82) is 0 Å². The highest BCUT2D eigenvalue weighted by atomic mass is 35.5. The molecule has 0 aliphatic carbocycles. The molecule has 0 spiro atoms.